The number of hydrogen-bond acceptors (Lipinski definition) is 1. The Morgan fingerprint density at radius 2 is 1.60 bits per heavy atom. The van der Waals surface area contributed by atoms with Crippen LogP contribution >= 0.6 is 0 Å². The molecule has 0 aliphatic heterocycles. The molecule has 2 aromatic carbocycles. The second kappa shape index (κ2) is 8.34. The van der Waals surface area contributed by atoms with Crippen molar-refractivity contribution in [2.75, 3.05) is 6.61 Å². The molecule has 1 heteroatoms. The molecule has 0 saturated heterocycles. The molecule has 0 saturated carbocycles. The van der Waals surface area contributed by atoms with Gasteiger partial charge in [-0.05, 0) is 23.5 Å². The lowest BCUT2D eigenvalue weighted by atomic mass is 10.0. The highest BCUT2D eigenvalue weighted by Crippen LogP contribution is 2.15. The molecule has 0 radical (unpaired) electrons. The van der Waals surface area contributed by atoms with Gasteiger partial charge in [0.1, 0.15) is 0 Å². The topological polar surface area (TPSA) is 9.23 Å². The summed E-state index contributed by atoms with van der Waals surface area (Å²) in [5, 5.41) is 0. The first-order chi connectivity index (χ1) is 9.86. The lowest BCUT2D eigenvalue weighted by Gasteiger charge is -2.06. The van der Waals surface area contributed by atoms with E-state index in [1.807, 2.05) is 18.2 Å². The number of hydrogen-bond donors (Lipinski definition) is 0. The summed E-state index contributed by atoms with van der Waals surface area (Å²) in [6.45, 7) is 3.69. The van der Waals surface area contributed by atoms with Crippen LogP contribution in [0.3, 0.4) is 0 Å². The van der Waals surface area contributed by atoms with Crippen LogP contribution in [-0.2, 0) is 11.3 Å². The van der Waals surface area contributed by atoms with Crippen LogP contribution in [0.1, 0.15) is 30.4 Å². The first-order valence-electron chi connectivity index (χ1n) is 7.19. The molecule has 2 rings (SSSR count). The molecular formula is C19H22O. The van der Waals surface area contributed by atoms with Crippen molar-refractivity contribution in [1.29, 1.82) is 0 Å². The number of ether oxygens (including phenoxy) is 1. The Morgan fingerprint density at radius 1 is 0.950 bits per heavy atom. The predicted octanol–water partition coefficient (Wildman–Crippen LogP) is 4.95. The van der Waals surface area contributed by atoms with Gasteiger partial charge in [0.25, 0.3) is 0 Å². The van der Waals surface area contributed by atoms with Crippen molar-refractivity contribution < 1.29 is 4.74 Å². The fourth-order valence-corrected chi connectivity index (χ4v) is 2.08. The van der Waals surface area contributed by atoms with Crippen molar-refractivity contribution in [2.24, 2.45) is 0 Å². The molecule has 0 aliphatic rings. The third-order valence-corrected chi connectivity index (χ3v) is 3.29. The number of allylic oxidation sites excluding steroid dienone is 1. The second-order valence-electron chi connectivity index (χ2n) is 4.95. The first-order valence-corrected chi connectivity index (χ1v) is 7.19. The second-order valence-corrected chi connectivity index (χ2v) is 4.95. The zero-order valence-electron chi connectivity index (χ0n) is 12.0. The first kappa shape index (κ1) is 14.5. The zero-order valence-corrected chi connectivity index (χ0v) is 12.0. The van der Waals surface area contributed by atoms with Crippen LogP contribution in [0.15, 0.2) is 72.8 Å². The lowest BCUT2D eigenvalue weighted by molar-refractivity contribution is 0.125. The van der Waals surface area contributed by atoms with Crippen molar-refractivity contribution >= 4 is 0 Å². The summed E-state index contributed by atoms with van der Waals surface area (Å²) in [6, 6.07) is 20.8. The molecule has 1 unspecified atom stereocenters. The van der Waals surface area contributed by atoms with Crippen LogP contribution in [0, 0.1) is 0 Å². The van der Waals surface area contributed by atoms with E-state index in [1.165, 1.54) is 11.1 Å². The van der Waals surface area contributed by atoms with Crippen molar-refractivity contribution in [1.82, 2.24) is 0 Å². The molecule has 0 heterocycles. The minimum absolute atomic E-state index is 0.463. The van der Waals surface area contributed by atoms with E-state index in [-0.39, 0.29) is 0 Å². The van der Waals surface area contributed by atoms with Crippen molar-refractivity contribution in [3.05, 3.63) is 83.9 Å². The van der Waals surface area contributed by atoms with Gasteiger partial charge in [-0.15, -0.1) is 0 Å². The van der Waals surface area contributed by atoms with Crippen molar-refractivity contribution in [3.8, 4) is 0 Å². The highest BCUT2D eigenvalue weighted by Gasteiger charge is 1.98. The Kier molecular flexibility index (Phi) is 6.07. The van der Waals surface area contributed by atoms with E-state index in [2.05, 4.69) is 61.5 Å². The molecule has 0 fully saturated rings. The maximum atomic E-state index is 5.66. The van der Waals surface area contributed by atoms with Crippen LogP contribution in [0.4, 0.5) is 0 Å². The molecule has 1 nitrogen and oxygen atoms in total. The minimum atomic E-state index is 0.463. The fraction of sp³-hybridized carbons (Fsp3) is 0.263. The number of benzene rings is 2. The molecule has 20 heavy (non-hydrogen) atoms. The molecule has 0 spiro atoms. The Bertz CT molecular complexity index is 502. The van der Waals surface area contributed by atoms with Crippen molar-refractivity contribution in [2.45, 2.75) is 25.9 Å². The van der Waals surface area contributed by atoms with Gasteiger partial charge in [0, 0.05) is 0 Å². The predicted molar refractivity (Wildman–Crippen MR) is 84.7 cm³/mol. The van der Waals surface area contributed by atoms with Gasteiger partial charge < -0.3 is 4.74 Å². The molecule has 104 valence electrons. The number of rotatable bonds is 7. The van der Waals surface area contributed by atoms with Crippen LogP contribution in [0.5, 0.6) is 0 Å². The molecule has 0 amide bonds. The Labute approximate surface area is 121 Å². The summed E-state index contributed by atoms with van der Waals surface area (Å²) in [4.78, 5) is 0. The lowest BCUT2D eigenvalue weighted by Crippen LogP contribution is -1.94. The molecule has 0 bridgehead atoms. The van der Waals surface area contributed by atoms with Gasteiger partial charge in [-0.25, -0.2) is 0 Å². The summed E-state index contributed by atoms with van der Waals surface area (Å²) in [5.41, 5.74) is 2.59. The molecule has 0 N–H and O–H groups in total. The van der Waals surface area contributed by atoms with Crippen LogP contribution in [0.2, 0.25) is 0 Å². The monoisotopic (exact) mass is 266 g/mol. The average Bonchev–Trinajstić information content (AvgIpc) is 2.52. The van der Waals surface area contributed by atoms with Gasteiger partial charge in [-0.1, -0.05) is 79.7 Å². The third kappa shape index (κ3) is 5.02. The minimum Gasteiger partial charge on any atom is -0.376 e. The molecule has 0 aromatic heterocycles. The average molecular weight is 266 g/mol. The Morgan fingerprint density at radius 3 is 2.30 bits per heavy atom. The quantitative estimate of drug-likeness (QED) is 0.509. The van der Waals surface area contributed by atoms with E-state index in [0.717, 1.165) is 13.0 Å². The standard InChI is InChI=1S/C19H22O/c1-17(19-13-6-3-7-14-19)10-8-9-15-20-16-18-11-4-2-5-12-18/h2-8,10-14,17H,9,15-16H2,1H3/b10-8+. The summed E-state index contributed by atoms with van der Waals surface area (Å²) < 4.78 is 5.66. The van der Waals surface area contributed by atoms with Gasteiger partial charge in [-0.2, -0.15) is 0 Å². The Hall–Kier alpha value is -1.86. The third-order valence-electron chi connectivity index (χ3n) is 3.29. The van der Waals surface area contributed by atoms with Gasteiger partial charge in [0.05, 0.1) is 13.2 Å². The summed E-state index contributed by atoms with van der Waals surface area (Å²) in [6.07, 6.45) is 5.42. The van der Waals surface area contributed by atoms with E-state index < -0.39 is 0 Å². The van der Waals surface area contributed by atoms with E-state index in [4.69, 9.17) is 4.74 Å². The van der Waals surface area contributed by atoms with Gasteiger partial charge in [0.2, 0.25) is 0 Å². The smallest absolute Gasteiger partial charge is 0.0717 e. The fourth-order valence-electron chi connectivity index (χ4n) is 2.08. The molecular weight excluding hydrogens is 244 g/mol. The van der Waals surface area contributed by atoms with Crippen LogP contribution in [0.25, 0.3) is 0 Å². The summed E-state index contributed by atoms with van der Waals surface area (Å²) in [7, 11) is 0. The largest absolute Gasteiger partial charge is 0.376 e. The highest BCUT2D eigenvalue weighted by molar-refractivity contribution is 5.22. The van der Waals surface area contributed by atoms with Gasteiger partial charge >= 0.3 is 0 Å². The van der Waals surface area contributed by atoms with Crippen LogP contribution < -0.4 is 0 Å². The molecule has 0 aliphatic carbocycles. The highest BCUT2D eigenvalue weighted by atomic mass is 16.5. The normalized spacial score (nSPS) is 12.7. The van der Waals surface area contributed by atoms with E-state index >= 15 is 0 Å². The molecule has 2 aromatic rings. The van der Waals surface area contributed by atoms with E-state index in [9.17, 15) is 0 Å². The Balaban J connectivity index is 1.64. The van der Waals surface area contributed by atoms with Gasteiger partial charge in [-0.3, -0.25) is 0 Å². The SMILES string of the molecule is CC(/C=C/CCOCc1ccccc1)c1ccccc1. The van der Waals surface area contributed by atoms with E-state index in [1.54, 1.807) is 0 Å². The van der Waals surface area contributed by atoms with Gasteiger partial charge in [0.15, 0.2) is 0 Å². The zero-order chi connectivity index (χ0) is 14.0. The summed E-state index contributed by atoms with van der Waals surface area (Å²) >= 11 is 0. The molecule has 1 atom stereocenters. The maximum Gasteiger partial charge on any atom is 0.0717 e. The van der Waals surface area contributed by atoms with Crippen molar-refractivity contribution in [3.63, 3.8) is 0 Å². The van der Waals surface area contributed by atoms with Crippen LogP contribution in [-0.4, -0.2) is 6.61 Å². The maximum absolute atomic E-state index is 5.66. The summed E-state index contributed by atoms with van der Waals surface area (Å²) in [5.74, 6) is 0.463. The van der Waals surface area contributed by atoms with E-state index in [0.29, 0.717) is 12.5 Å².